The second-order valence-corrected chi connectivity index (χ2v) is 6.52. The second kappa shape index (κ2) is 6.00. The topological polar surface area (TPSA) is 87.5 Å². The van der Waals surface area contributed by atoms with Crippen molar-refractivity contribution in [2.45, 2.75) is 12.4 Å². The van der Waals surface area contributed by atoms with Crippen molar-refractivity contribution in [3.05, 3.63) is 22.8 Å². The minimum absolute atomic E-state index is 0.0828. The summed E-state index contributed by atoms with van der Waals surface area (Å²) in [6.07, 6.45) is 0.157. The van der Waals surface area contributed by atoms with E-state index < -0.39 is 27.6 Å². The highest BCUT2D eigenvalue weighted by Gasteiger charge is 2.49. The van der Waals surface area contributed by atoms with E-state index in [0.29, 0.717) is 9.04 Å². The number of ether oxygens (including phenoxy) is 1. The van der Waals surface area contributed by atoms with Crippen molar-refractivity contribution < 1.29 is 35.3 Å². The summed E-state index contributed by atoms with van der Waals surface area (Å²) in [6, 6.07) is 2.36. The van der Waals surface area contributed by atoms with Crippen LogP contribution in [0.5, 0.6) is 5.88 Å². The average Bonchev–Trinajstić information content (AvgIpc) is 2.73. The molecule has 0 radical (unpaired) electrons. The predicted octanol–water partition coefficient (Wildman–Crippen LogP) is 3.03. The molecule has 2 aromatic rings. The Morgan fingerprint density at radius 1 is 1.39 bits per heavy atom. The summed E-state index contributed by atoms with van der Waals surface area (Å²) in [4.78, 5) is 15.8. The molecular weight excluding hydrogens is 409 g/mol. The van der Waals surface area contributed by atoms with Crippen molar-refractivity contribution in [3.8, 4) is 5.88 Å². The Hall–Kier alpha value is -1.82. The molecule has 0 aromatic carbocycles. The summed E-state index contributed by atoms with van der Waals surface area (Å²) in [5.74, 6) is -0.874. The van der Waals surface area contributed by atoms with Gasteiger partial charge in [-0.15, -0.1) is 0 Å². The normalized spacial score (nSPS) is 12.4. The van der Waals surface area contributed by atoms with E-state index in [-0.39, 0.29) is 17.6 Å². The standard InChI is InChI=1S/C11H8BrF3N2O5S/c1-2-21-10(18)17-8(22-23(19,20)11(13,14)15)4-6-3-7(12)5-16-9(6)17/h3-5H,2H2,1H3. The van der Waals surface area contributed by atoms with E-state index in [0.717, 1.165) is 6.07 Å². The number of fused-ring (bicyclic) bond motifs is 1. The molecule has 23 heavy (non-hydrogen) atoms. The Kier molecular flexibility index (Phi) is 4.57. The first-order valence-electron chi connectivity index (χ1n) is 5.91. The quantitative estimate of drug-likeness (QED) is 0.564. The van der Waals surface area contributed by atoms with Crippen LogP contribution < -0.4 is 4.18 Å². The van der Waals surface area contributed by atoms with E-state index in [4.69, 9.17) is 0 Å². The van der Waals surface area contributed by atoms with Gasteiger partial charge >= 0.3 is 21.7 Å². The van der Waals surface area contributed by atoms with Crippen LogP contribution in [-0.4, -0.2) is 36.2 Å². The third-order valence-electron chi connectivity index (χ3n) is 2.50. The van der Waals surface area contributed by atoms with Crippen LogP contribution in [0.3, 0.4) is 0 Å². The maximum Gasteiger partial charge on any atom is 0.534 e. The summed E-state index contributed by atoms with van der Waals surface area (Å²) in [6.45, 7) is 1.39. The molecule has 12 heteroatoms. The fraction of sp³-hybridized carbons (Fsp3) is 0.273. The zero-order valence-electron chi connectivity index (χ0n) is 11.3. The summed E-state index contributed by atoms with van der Waals surface area (Å²) < 4.78 is 69.4. The number of alkyl halides is 3. The molecule has 126 valence electrons. The SMILES string of the molecule is CCOC(=O)n1c(OS(=O)(=O)C(F)(F)F)cc2cc(Br)cnc21. The monoisotopic (exact) mass is 416 g/mol. The summed E-state index contributed by atoms with van der Waals surface area (Å²) >= 11 is 3.10. The van der Waals surface area contributed by atoms with Crippen LogP contribution in [0.15, 0.2) is 22.8 Å². The second-order valence-electron chi connectivity index (χ2n) is 4.07. The van der Waals surface area contributed by atoms with Gasteiger partial charge in [-0.05, 0) is 28.9 Å². The van der Waals surface area contributed by atoms with Crippen molar-refractivity contribution in [2.24, 2.45) is 0 Å². The Morgan fingerprint density at radius 2 is 2.04 bits per heavy atom. The van der Waals surface area contributed by atoms with Gasteiger partial charge in [0.2, 0.25) is 5.88 Å². The van der Waals surface area contributed by atoms with E-state index in [2.05, 4.69) is 29.8 Å². The lowest BCUT2D eigenvalue weighted by Gasteiger charge is -2.11. The summed E-state index contributed by atoms with van der Waals surface area (Å²) in [7, 11) is -5.95. The minimum atomic E-state index is -5.95. The predicted molar refractivity (Wildman–Crippen MR) is 75.5 cm³/mol. The number of hydrogen-bond acceptors (Lipinski definition) is 6. The molecule has 0 spiro atoms. The lowest BCUT2D eigenvalue weighted by molar-refractivity contribution is -0.0502. The highest BCUT2D eigenvalue weighted by atomic mass is 79.9. The maximum atomic E-state index is 12.5. The van der Waals surface area contributed by atoms with Crippen molar-refractivity contribution in [3.63, 3.8) is 0 Å². The Bertz CT molecular complexity index is 862. The van der Waals surface area contributed by atoms with Crippen LogP contribution >= 0.6 is 15.9 Å². The van der Waals surface area contributed by atoms with E-state index in [1.807, 2.05) is 0 Å². The van der Waals surface area contributed by atoms with Crippen molar-refractivity contribution >= 4 is 43.2 Å². The molecule has 0 aliphatic rings. The minimum Gasteiger partial charge on any atom is -0.449 e. The van der Waals surface area contributed by atoms with Gasteiger partial charge in [0.15, 0.2) is 5.65 Å². The smallest absolute Gasteiger partial charge is 0.449 e. The first-order chi connectivity index (χ1) is 10.6. The molecule has 0 saturated heterocycles. The van der Waals surface area contributed by atoms with Crippen molar-refractivity contribution in [1.82, 2.24) is 9.55 Å². The fourth-order valence-electron chi connectivity index (χ4n) is 1.63. The molecule has 2 aromatic heterocycles. The number of aromatic nitrogens is 2. The maximum absolute atomic E-state index is 12.5. The molecular formula is C11H8BrF3N2O5S. The van der Waals surface area contributed by atoms with Crippen molar-refractivity contribution in [1.29, 1.82) is 0 Å². The number of hydrogen-bond donors (Lipinski definition) is 0. The van der Waals surface area contributed by atoms with Crippen LogP contribution in [0.2, 0.25) is 0 Å². The van der Waals surface area contributed by atoms with E-state index >= 15 is 0 Å². The molecule has 0 unspecified atom stereocenters. The summed E-state index contributed by atoms with van der Waals surface area (Å²) in [5, 5.41) is 0.180. The molecule has 0 N–H and O–H groups in total. The van der Waals surface area contributed by atoms with Crippen molar-refractivity contribution in [2.75, 3.05) is 6.61 Å². The zero-order valence-corrected chi connectivity index (χ0v) is 13.7. The summed E-state index contributed by atoms with van der Waals surface area (Å²) in [5.41, 5.74) is -5.75. The molecule has 2 heterocycles. The first-order valence-corrected chi connectivity index (χ1v) is 8.12. The van der Waals surface area contributed by atoms with Crippen LogP contribution in [0.25, 0.3) is 11.0 Å². The van der Waals surface area contributed by atoms with Crippen LogP contribution in [0.4, 0.5) is 18.0 Å². The number of pyridine rings is 1. The van der Waals surface area contributed by atoms with Gasteiger partial charge in [-0.2, -0.15) is 26.2 Å². The molecule has 0 atom stereocenters. The van der Waals surface area contributed by atoms with Crippen LogP contribution in [0.1, 0.15) is 6.92 Å². The van der Waals surface area contributed by atoms with Gasteiger partial charge in [0, 0.05) is 22.1 Å². The number of rotatable bonds is 3. The molecule has 2 rings (SSSR count). The zero-order chi connectivity index (χ0) is 17.4. The molecule has 7 nitrogen and oxygen atoms in total. The Labute approximate surface area is 136 Å². The van der Waals surface area contributed by atoms with E-state index in [1.165, 1.54) is 19.2 Å². The van der Waals surface area contributed by atoms with Crippen LogP contribution in [-0.2, 0) is 14.9 Å². The highest BCUT2D eigenvalue weighted by molar-refractivity contribution is 9.10. The third-order valence-corrected chi connectivity index (χ3v) is 3.89. The number of nitrogens with zero attached hydrogens (tertiary/aromatic N) is 2. The number of carbonyl (C=O) groups is 1. The van der Waals surface area contributed by atoms with Crippen LogP contribution in [0, 0.1) is 0 Å². The van der Waals surface area contributed by atoms with Gasteiger partial charge in [0.05, 0.1) is 6.61 Å². The Morgan fingerprint density at radius 3 is 2.61 bits per heavy atom. The lowest BCUT2D eigenvalue weighted by Crippen LogP contribution is -2.29. The number of halogens is 4. The van der Waals surface area contributed by atoms with E-state index in [1.54, 1.807) is 0 Å². The van der Waals surface area contributed by atoms with E-state index in [9.17, 15) is 26.4 Å². The number of carbonyl (C=O) groups excluding carboxylic acids is 1. The molecule has 0 fully saturated rings. The van der Waals surface area contributed by atoms with Gasteiger partial charge in [-0.25, -0.2) is 9.78 Å². The lowest BCUT2D eigenvalue weighted by atomic mass is 10.3. The first kappa shape index (κ1) is 17.5. The highest BCUT2D eigenvalue weighted by Crippen LogP contribution is 2.31. The molecule has 0 amide bonds. The van der Waals surface area contributed by atoms with Gasteiger partial charge in [-0.3, -0.25) is 0 Å². The van der Waals surface area contributed by atoms with Gasteiger partial charge < -0.3 is 8.92 Å². The molecule has 0 aliphatic heterocycles. The van der Waals surface area contributed by atoms with Gasteiger partial charge in [0.1, 0.15) is 0 Å². The molecule has 0 bridgehead atoms. The average molecular weight is 417 g/mol. The third kappa shape index (κ3) is 3.42. The van der Waals surface area contributed by atoms with Gasteiger partial charge in [-0.1, -0.05) is 0 Å². The Balaban J connectivity index is 2.63. The fourth-order valence-corrected chi connectivity index (χ4v) is 2.42. The van der Waals surface area contributed by atoms with Gasteiger partial charge in [0.25, 0.3) is 0 Å². The molecule has 0 saturated carbocycles. The largest absolute Gasteiger partial charge is 0.534 e. The molecule has 0 aliphatic carbocycles.